The quantitative estimate of drug-likeness (QED) is 0.882. The van der Waals surface area contributed by atoms with Crippen LogP contribution in [0.4, 0.5) is 5.82 Å². The summed E-state index contributed by atoms with van der Waals surface area (Å²) < 4.78 is 10.4. The maximum absolute atomic E-state index is 5.83. The Morgan fingerprint density at radius 2 is 1.78 bits per heavy atom. The third-order valence-electron chi connectivity index (χ3n) is 2.48. The van der Waals surface area contributed by atoms with E-state index < -0.39 is 0 Å². The van der Waals surface area contributed by atoms with E-state index in [0.717, 1.165) is 5.56 Å². The van der Waals surface area contributed by atoms with Gasteiger partial charge in [-0.3, -0.25) is 0 Å². The lowest BCUT2D eigenvalue weighted by Crippen LogP contribution is -2.02. The van der Waals surface area contributed by atoms with Crippen LogP contribution in [0.25, 0.3) is 11.3 Å². The van der Waals surface area contributed by atoms with Gasteiger partial charge in [0.2, 0.25) is 0 Å². The van der Waals surface area contributed by atoms with E-state index in [1.165, 1.54) is 0 Å². The van der Waals surface area contributed by atoms with Crippen molar-refractivity contribution in [1.29, 1.82) is 0 Å². The van der Waals surface area contributed by atoms with Crippen LogP contribution >= 0.6 is 0 Å². The van der Waals surface area contributed by atoms with Gasteiger partial charge in [-0.1, -0.05) is 0 Å². The topological polar surface area (TPSA) is 83.2 Å². The minimum atomic E-state index is 0.342. The molecule has 0 aliphatic heterocycles. The summed E-state index contributed by atoms with van der Waals surface area (Å²) in [6.45, 7) is 1.74. The van der Waals surface area contributed by atoms with Crippen molar-refractivity contribution >= 4 is 5.82 Å². The second kappa shape index (κ2) is 4.87. The monoisotopic (exact) mass is 246 g/mol. The Morgan fingerprint density at radius 3 is 2.39 bits per heavy atom. The number of aromatic nitrogens is 3. The van der Waals surface area contributed by atoms with Crippen molar-refractivity contribution in [3.8, 4) is 22.8 Å². The molecule has 2 aromatic rings. The van der Waals surface area contributed by atoms with E-state index in [9.17, 15) is 0 Å². The molecule has 0 bridgehead atoms. The molecule has 0 saturated heterocycles. The minimum absolute atomic E-state index is 0.342. The van der Waals surface area contributed by atoms with Crippen LogP contribution < -0.4 is 15.2 Å². The number of nitrogen functional groups attached to an aromatic ring is 1. The zero-order valence-electron chi connectivity index (χ0n) is 10.5. The number of anilines is 1. The van der Waals surface area contributed by atoms with Gasteiger partial charge >= 0.3 is 0 Å². The molecule has 0 aliphatic carbocycles. The molecule has 1 aromatic carbocycles. The molecule has 0 fully saturated rings. The van der Waals surface area contributed by atoms with Crippen molar-refractivity contribution in [2.24, 2.45) is 0 Å². The van der Waals surface area contributed by atoms with E-state index in [4.69, 9.17) is 15.2 Å². The van der Waals surface area contributed by atoms with Crippen LogP contribution in [-0.4, -0.2) is 29.4 Å². The van der Waals surface area contributed by atoms with Crippen molar-refractivity contribution in [2.75, 3.05) is 20.0 Å². The van der Waals surface area contributed by atoms with Crippen molar-refractivity contribution in [3.63, 3.8) is 0 Å². The van der Waals surface area contributed by atoms with Crippen molar-refractivity contribution < 1.29 is 9.47 Å². The Morgan fingerprint density at radius 1 is 1.06 bits per heavy atom. The van der Waals surface area contributed by atoms with E-state index in [1.54, 1.807) is 33.3 Å². The van der Waals surface area contributed by atoms with Gasteiger partial charge in [-0.2, -0.15) is 0 Å². The largest absolute Gasteiger partial charge is 0.493 e. The number of rotatable bonds is 3. The molecular weight excluding hydrogens is 232 g/mol. The second-order valence-corrected chi connectivity index (χ2v) is 3.66. The summed E-state index contributed by atoms with van der Waals surface area (Å²) >= 11 is 0. The molecule has 6 nitrogen and oxygen atoms in total. The molecule has 1 heterocycles. The summed E-state index contributed by atoms with van der Waals surface area (Å²) in [5.41, 5.74) is 7.14. The average molecular weight is 246 g/mol. The van der Waals surface area contributed by atoms with Gasteiger partial charge in [0.05, 0.1) is 14.2 Å². The summed E-state index contributed by atoms with van der Waals surface area (Å²) in [6.07, 6.45) is 0. The first-order valence-corrected chi connectivity index (χ1v) is 5.35. The molecule has 2 N–H and O–H groups in total. The number of benzene rings is 1. The first-order chi connectivity index (χ1) is 8.65. The lowest BCUT2D eigenvalue weighted by Gasteiger charge is -2.09. The van der Waals surface area contributed by atoms with Gasteiger partial charge in [-0.15, -0.1) is 10.2 Å². The number of ether oxygens (including phenoxy) is 2. The van der Waals surface area contributed by atoms with E-state index in [2.05, 4.69) is 15.2 Å². The van der Waals surface area contributed by atoms with Crippen LogP contribution in [0.3, 0.4) is 0 Å². The highest BCUT2D eigenvalue weighted by Crippen LogP contribution is 2.32. The van der Waals surface area contributed by atoms with Crippen LogP contribution in [-0.2, 0) is 0 Å². The first-order valence-electron chi connectivity index (χ1n) is 5.35. The maximum Gasteiger partial charge on any atom is 0.161 e. The normalized spacial score (nSPS) is 10.2. The summed E-state index contributed by atoms with van der Waals surface area (Å²) in [5.74, 6) is 2.14. The van der Waals surface area contributed by atoms with E-state index in [0.29, 0.717) is 28.8 Å². The third kappa shape index (κ3) is 2.17. The Bertz CT molecular complexity index is 572. The fraction of sp³-hybridized carbons (Fsp3) is 0.250. The molecule has 1 aromatic heterocycles. The fourth-order valence-electron chi connectivity index (χ4n) is 1.61. The van der Waals surface area contributed by atoms with Crippen molar-refractivity contribution in [2.45, 2.75) is 6.92 Å². The van der Waals surface area contributed by atoms with Gasteiger partial charge in [0.1, 0.15) is 11.5 Å². The molecule has 0 saturated carbocycles. The predicted molar refractivity (Wildman–Crippen MR) is 67.5 cm³/mol. The van der Waals surface area contributed by atoms with E-state index >= 15 is 0 Å². The van der Waals surface area contributed by atoms with Crippen LogP contribution in [0.1, 0.15) is 5.82 Å². The zero-order chi connectivity index (χ0) is 13.1. The van der Waals surface area contributed by atoms with Gasteiger partial charge in [0.25, 0.3) is 0 Å². The molecule has 0 spiro atoms. The number of nitrogens with two attached hydrogens (primary N) is 1. The highest BCUT2D eigenvalue weighted by atomic mass is 16.5. The average Bonchev–Trinajstić information content (AvgIpc) is 2.38. The highest BCUT2D eigenvalue weighted by Gasteiger charge is 2.11. The first kappa shape index (κ1) is 12.1. The van der Waals surface area contributed by atoms with E-state index in [-0.39, 0.29) is 0 Å². The van der Waals surface area contributed by atoms with Crippen LogP contribution in [0, 0.1) is 6.92 Å². The van der Waals surface area contributed by atoms with Gasteiger partial charge in [0.15, 0.2) is 17.3 Å². The van der Waals surface area contributed by atoms with E-state index in [1.807, 2.05) is 6.07 Å². The fourth-order valence-corrected chi connectivity index (χ4v) is 1.61. The number of aryl methyl sites for hydroxylation is 1. The Balaban J connectivity index is 2.51. The molecule has 0 amide bonds. The van der Waals surface area contributed by atoms with Crippen molar-refractivity contribution in [1.82, 2.24) is 15.2 Å². The standard InChI is InChI=1S/C12H14N4O2/c1-7-14-12(13)11(16-15-7)8-4-5-9(17-2)10(6-8)18-3/h4-6H,1-3H3,(H2,13,14,15). The number of nitrogens with zero attached hydrogens (tertiary/aromatic N) is 3. The van der Waals surface area contributed by atoms with Gasteiger partial charge in [-0.25, -0.2) is 4.98 Å². The van der Waals surface area contributed by atoms with Crippen LogP contribution in [0.2, 0.25) is 0 Å². The Kier molecular flexibility index (Phi) is 3.27. The SMILES string of the molecule is COc1ccc(-c2nnc(C)nc2N)cc1OC. The maximum atomic E-state index is 5.83. The smallest absolute Gasteiger partial charge is 0.161 e. The molecule has 0 unspecified atom stereocenters. The van der Waals surface area contributed by atoms with Crippen LogP contribution in [0.5, 0.6) is 11.5 Å². The lowest BCUT2D eigenvalue weighted by molar-refractivity contribution is 0.355. The molecule has 0 aliphatic rings. The Hall–Kier alpha value is -2.37. The summed E-state index contributed by atoms with van der Waals surface area (Å²) in [5, 5.41) is 7.95. The number of hydrogen-bond acceptors (Lipinski definition) is 6. The third-order valence-corrected chi connectivity index (χ3v) is 2.48. The molecule has 0 atom stereocenters. The molecule has 0 radical (unpaired) electrons. The van der Waals surface area contributed by atoms with Crippen molar-refractivity contribution in [3.05, 3.63) is 24.0 Å². The van der Waals surface area contributed by atoms with Crippen LogP contribution in [0.15, 0.2) is 18.2 Å². The highest BCUT2D eigenvalue weighted by molar-refractivity contribution is 5.71. The molecule has 18 heavy (non-hydrogen) atoms. The van der Waals surface area contributed by atoms with Gasteiger partial charge < -0.3 is 15.2 Å². The van der Waals surface area contributed by atoms with Gasteiger partial charge in [-0.05, 0) is 25.1 Å². The zero-order valence-corrected chi connectivity index (χ0v) is 10.5. The number of hydrogen-bond donors (Lipinski definition) is 1. The van der Waals surface area contributed by atoms with Gasteiger partial charge in [0, 0.05) is 5.56 Å². The summed E-state index contributed by atoms with van der Waals surface area (Å²) in [4.78, 5) is 4.08. The molecule has 2 rings (SSSR count). The summed E-state index contributed by atoms with van der Waals surface area (Å²) in [6, 6.07) is 5.41. The molecule has 94 valence electrons. The predicted octanol–water partition coefficient (Wildman–Crippen LogP) is 1.45. The lowest BCUT2D eigenvalue weighted by atomic mass is 10.1. The molecule has 6 heteroatoms. The summed E-state index contributed by atoms with van der Waals surface area (Å²) in [7, 11) is 3.16. The minimum Gasteiger partial charge on any atom is -0.493 e. The Labute approximate surface area is 105 Å². The number of methoxy groups -OCH3 is 2. The second-order valence-electron chi connectivity index (χ2n) is 3.66. The molecular formula is C12H14N4O2.